The minimum absolute atomic E-state index is 0.0833. The van der Waals surface area contributed by atoms with Crippen molar-refractivity contribution in [1.29, 1.82) is 0 Å². The van der Waals surface area contributed by atoms with Gasteiger partial charge in [0.15, 0.2) is 0 Å². The largest absolute Gasteiger partial charge is 0.327 e. The number of carbonyl (C=O) groups excluding carboxylic acids is 2. The number of hydrogen-bond donors (Lipinski definition) is 2. The fraction of sp³-hybridized carbons (Fsp3) is 0.120. The highest BCUT2D eigenvalue weighted by molar-refractivity contribution is 6.31. The van der Waals surface area contributed by atoms with Gasteiger partial charge >= 0.3 is 6.03 Å². The highest BCUT2D eigenvalue weighted by Crippen LogP contribution is 2.38. The van der Waals surface area contributed by atoms with E-state index in [0.717, 1.165) is 11.6 Å². The number of nitro groups is 1. The van der Waals surface area contributed by atoms with Gasteiger partial charge in [0.2, 0.25) is 0 Å². The minimum atomic E-state index is -1.11. The topological polar surface area (TPSA) is 105 Å². The van der Waals surface area contributed by atoms with Crippen molar-refractivity contribution in [3.8, 4) is 0 Å². The van der Waals surface area contributed by atoms with Crippen LogP contribution in [0.3, 0.4) is 0 Å². The van der Waals surface area contributed by atoms with Crippen LogP contribution in [-0.4, -0.2) is 16.9 Å². The van der Waals surface area contributed by atoms with E-state index in [4.69, 9.17) is 11.6 Å². The highest BCUT2D eigenvalue weighted by atomic mass is 35.5. The van der Waals surface area contributed by atoms with Crippen molar-refractivity contribution >= 4 is 40.6 Å². The van der Waals surface area contributed by atoms with Gasteiger partial charge in [-0.3, -0.25) is 19.8 Å². The smallest absolute Gasteiger partial charge is 0.326 e. The standard InChI is InChI=1S/C25H20ClFN4O4/c1-14-7-9-16(10-8-14)28-24(32)22-15(2)30(17-11-12-20(27)19(26)13-17)25(33)29-23(22)18-5-3-4-6-21(18)31(34)35/h3-13,23H,1-2H3,(H,28,32)(H,29,33). The van der Waals surface area contributed by atoms with E-state index in [1.54, 1.807) is 25.1 Å². The van der Waals surface area contributed by atoms with Crippen molar-refractivity contribution in [1.82, 2.24) is 5.32 Å². The third-order valence-corrected chi connectivity index (χ3v) is 5.93. The number of rotatable bonds is 5. The average Bonchev–Trinajstić information content (AvgIpc) is 2.82. The SMILES string of the molecule is CC1=C(C(=O)Nc2ccc(C)cc2)C(c2ccccc2[N+](=O)[O-])NC(=O)N1c1ccc(F)c(Cl)c1. The van der Waals surface area contributed by atoms with E-state index in [-0.39, 0.29) is 33.2 Å². The quantitative estimate of drug-likeness (QED) is 0.341. The second-order valence-electron chi connectivity index (χ2n) is 7.95. The van der Waals surface area contributed by atoms with Gasteiger partial charge < -0.3 is 10.6 Å². The number of amides is 3. The van der Waals surface area contributed by atoms with Crippen molar-refractivity contribution in [3.63, 3.8) is 0 Å². The number of anilines is 2. The number of para-hydroxylation sites is 1. The van der Waals surface area contributed by atoms with E-state index in [1.165, 1.54) is 35.2 Å². The minimum Gasteiger partial charge on any atom is -0.326 e. The number of hydrogen-bond acceptors (Lipinski definition) is 4. The van der Waals surface area contributed by atoms with Crippen molar-refractivity contribution in [3.05, 3.63) is 110 Å². The van der Waals surface area contributed by atoms with Crippen LogP contribution in [0.4, 0.5) is 26.2 Å². The van der Waals surface area contributed by atoms with E-state index < -0.39 is 28.7 Å². The third-order valence-electron chi connectivity index (χ3n) is 5.64. The van der Waals surface area contributed by atoms with Crippen LogP contribution < -0.4 is 15.5 Å². The molecular formula is C25H20ClFN4O4. The third kappa shape index (κ3) is 4.71. The Morgan fingerprint density at radius 1 is 1.11 bits per heavy atom. The molecular weight excluding hydrogens is 475 g/mol. The Hall–Kier alpha value is -4.24. The number of carbonyl (C=O) groups is 2. The summed E-state index contributed by atoms with van der Waals surface area (Å²) in [5, 5.41) is 17.0. The number of nitrogens with one attached hydrogen (secondary N) is 2. The maximum atomic E-state index is 13.7. The van der Waals surface area contributed by atoms with Gasteiger partial charge in [0.1, 0.15) is 5.82 Å². The summed E-state index contributed by atoms with van der Waals surface area (Å²) in [6, 6.07) is 14.9. The molecule has 1 aliphatic rings. The van der Waals surface area contributed by atoms with E-state index >= 15 is 0 Å². The molecule has 0 aromatic heterocycles. The second kappa shape index (κ2) is 9.55. The number of urea groups is 1. The molecule has 10 heteroatoms. The Kier molecular flexibility index (Phi) is 6.52. The van der Waals surface area contributed by atoms with Crippen LogP contribution in [0, 0.1) is 22.9 Å². The van der Waals surface area contributed by atoms with Gasteiger partial charge in [-0.05, 0) is 50.2 Å². The number of benzene rings is 3. The van der Waals surface area contributed by atoms with Crippen molar-refractivity contribution in [2.45, 2.75) is 19.9 Å². The molecule has 0 fully saturated rings. The Labute approximate surface area is 205 Å². The predicted octanol–water partition coefficient (Wildman–Crippen LogP) is 5.88. The summed E-state index contributed by atoms with van der Waals surface area (Å²) >= 11 is 5.92. The normalized spacial score (nSPS) is 15.6. The second-order valence-corrected chi connectivity index (χ2v) is 8.36. The van der Waals surface area contributed by atoms with Crippen LogP contribution in [0.1, 0.15) is 24.1 Å². The monoisotopic (exact) mass is 494 g/mol. The molecule has 1 unspecified atom stereocenters. The molecule has 0 bridgehead atoms. The molecule has 1 heterocycles. The van der Waals surface area contributed by atoms with E-state index in [0.29, 0.717) is 5.69 Å². The zero-order valence-electron chi connectivity index (χ0n) is 18.7. The highest BCUT2D eigenvalue weighted by Gasteiger charge is 2.39. The zero-order chi connectivity index (χ0) is 25.3. The maximum absolute atomic E-state index is 13.7. The van der Waals surface area contributed by atoms with Gasteiger partial charge in [0, 0.05) is 17.5 Å². The van der Waals surface area contributed by atoms with Crippen molar-refractivity contribution in [2.24, 2.45) is 0 Å². The fourth-order valence-electron chi connectivity index (χ4n) is 3.94. The lowest BCUT2D eigenvalue weighted by molar-refractivity contribution is -0.385. The maximum Gasteiger partial charge on any atom is 0.327 e. The number of aryl methyl sites for hydroxylation is 1. The first-order chi connectivity index (χ1) is 16.7. The lowest BCUT2D eigenvalue weighted by Crippen LogP contribution is -2.48. The van der Waals surface area contributed by atoms with Crippen LogP contribution >= 0.6 is 11.6 Å². The molecule has 0 radical (unpaired) electrons. The van der Waals surface area contributed by atoms with Gasteiger partial charge in [-0.25, -0.2) is 9.18 Å². The molecule has 1 atom stereocenters. The number of halogens is 2. The van der Waals surface area contributed by atoms with E-state index in [9.17, 15) is 24.1 Å². The predicted molar refractivity (Wildman–Crippen MR) is 131 cm³/mol. The molecule has 0 saturated carbocycles. The zero-order valence-corrected chi connectivity index (χ0v) is 19.5. The van der Waals surface area contributed by atoms with Crippen molar-refractivity contribution in [2.75, 3.05) is 10.2 Å². The molecule has 3 aromatic carbocycles. The first kappa shape index (κ1) is 23.9. The van der Waals surface area contributed by atoms with Gasteiger partial charge in [0.25, 0.3) is 11.6 Å². The molecule has 0 saturated heterocycles. The van der Waals surface area contributed by atoms with Crippen LogP contribution in [0.5, 0.6) is 0 Å². The Balaban J connectivity index is 1.86. The molecule has 178 valence electrons. The van der Waals surface area contributed by atoms with Gasteiger partial charge in [-0.2, -0.15) is 0 Å². The van der Waals surface area contributed by atoms with Crippen LogP contribution in [0.25, 0.3) is 0 Å². The van der Waals surface area contributed by atoms with Gasteiger partial charge in [-0.15, -0.1) is 0 Å². The number of nitrogens with zero attached hydrogens (tertiary/aromatic N) is 2. The molecule has 3 aromatic rings. The van der Waals surface area contributed by atoms with Gasteiger partial charge in [-0.1, -0.05) is 41.4 Å². The Morgan fingerprint density at radius 3 is 2.46 bits per heavy atom. The van der Waals surface area contributed by atoms with Gasteiger partial charge in [0.05, 0.1) is 32.8 Å². The molecule has 4 rings (SSSR count). The first-order valence-corrected chi connectivity index (χ1v) is 10.9. The average molecular weight is 495 g/mol. The fourth-order valence-corrected chi connectivity index (χ4v) is 4.11. The lowest BCUT2D eigenvalue weighted by atomic mass is 9.92. The summed E-state index contributed by atoms with van der Waals surface area (Å²) in [5.74, 6) is -1.22. The Morgan fingerprint density at radius 2 is 1.80 bits per heavy atom. The summed E-state index contributed by atoms with van der Waals surface area (Å²) in [6.07, 6.45) is 0. The summed E-state index contributed by atoms with van der Waals surface area (Å²) in [7, 11) is 0. The molecule has 0 aliphatic carbocycles. The molecule has 0 spiro atoms. The van der Waals surface area contributed by atoms with E-state index in [2.05, 4.69) is 10.6 Å². The number of allylic oxidation sites excluding steroid dienone is 1. The van der Waals surface area contributed by atoms with E-state index in [1.807, 2.05) is 19.1 Å². The molecule has 35 heavy (non-hydrogen) atoms. The van der Waals surface area contributed by atoms with Crippen LogP contribution in [0.2, 0.25) is 5.02 Å². The first-order valence-electron chi connectivity index (χ1n) is 10.5. The van der Waals surface area contributed by atoms with Crippen molar-refractivity contribution < 1.29 is 18.9 Å². The van der Waals surface area contributed by atoms with Crippen LogP contribution in [-0.2, 0) is 4.79 Å². The molecule has 3 amide bonds. The molecule has 1 aliphatic heterocycles. The summed E-state index contributed by atoms with van der Waals surface area (Å²) in [5.41, 5.74) is 1.94. The lowest BCUT2D eigenvalue weighted by Gasteiger charge is -2.35. The van der Waals surface area contributed by atoms with Crippen LogP contribution in [0.15, 0.2) is 78.0 Å². The Bertz CT molecular complexity index is 1370. The summed E-state index contributed by atoms with van der Waals surface area (Å²) in [4.78, 5) is 39.0. The summed E-state index contributed by atoms with van der Waals surface area (Å²) in [6.45, 7) is 3.45. The molecule has 8 nitrogen and oxygen atoms in total. The molecule has 2 N–H and O–H groups in total. The summed E-state index contributed by atoms with van der Waals surface area (Å²) < 4.78 is 13.7. The number of nitro benzene ring substituents is 1.